The lowest BCUT2D eigenvalue weighted by Gasteiger charge is -2.42. The van der Waals surface area contributed by atoms with Gasteiger partial charge in [-0.25, -0.2) is 15.2 Å². The highest BCUT2D eigenvalue weighted by Crippen LogP contribution is 2.52. The molecule has 212 valence electrons. The molecule has 5 fully saturated rings. The molecule has 6 nitrogen and oxygen atoms in total. The van der Waals surface area contributed by atoms with Crippen molar-refractivity contribution in [1.82, 2.24) is 25.6 Å². The molecule has 10 heteroatoms. The molecule has 0 bridgehead atoms. The first-order valence-corrected chi connectivity index (χ1v) is 14.5. The van der Waals surface area contributed by atoms with Gasteiger partial charge < -0.3 is 4.90 Å². The highest BCUT2D eigenvalue weighted by atomic mass is 19.4. The smallest absolute Gasteiger partial charge is 0.339 e. The van der Waals surface area contributed by atoms with Gasteiger partial charge in [0.05, 0.1) is 18.8 Å². The van der Waals surface area contributed by atoms with Crippen molar-refractivity contribution >= 4 is 5.91 Å². The summed E-state index contributed by atoms with van der Waals surface area (Å²) in [6.45, 7) is 6.15. The molecule has 3 aliphatic heterocycles. The maximum absolute atomic E-state index is 14.3. The topological polar surface area (TPSA) is 50.9 Å². The number of nitrogens with zero attached hydrogens (tertiary/aromatic N) is 3. The van der Waals surface area contributed by atoms with Crippen molar-refractivity contribution in [3.63, 3.8) is 0 Å². The van der Waals surface area contributed by atoms with Gasteiger partial charge in [-0.3, -0.25) is 14.6 Å². The van der Waals surface area contributed by atoms with Crippen molar-refractivity contribution < 1.29 is 22.4 Å². The molecular weight excluding hydrogens is 486 g/mol. The molecule has 3 heterocycles. The fraction of sp³-hybridized carbons (Fsp3) is 0.963. The van der Waals surface area contributed by atoms with E-state index in [0.717, 1.165) is 38.8 Å². The van der Waals surface area contributed by atoms with Crippen molar-refractivity contribution in [1.29, 1.82) is 0 Å². The Morgan fingerprint density at radius 3 is 2.49 bits per heavy atom. The predicted octanol–water partition coefficient (Wildman–Crippen LogP) is 3.99. The van der Waals surface area contributed by atoms with E-state index in [1.807, 2.05) is 16.7 Å². The van der Waals surface area contributed by atoms with Crippen molar-refractivity contribution in [2.24, 2.45) is 35.5 Å². The van der Waals surface area contributed by atoms with Crippen LogP contribution in [-0.4, -0.2) is 84.6 Å². The first-order chi connectivity index (χ1) is 17.5. The second-order valence-electron chi connectivity index (χ2n) is 12.8. The SMILES string of the molecule is C[C@H](CC1NNCN1C)C1CCCC(N2CC3C(CC([C@H](C)N4CC[C@H](F)C4)CC3C(F)(F)F)C2=O)C1. The zero-order valence-electron chi connectivity index (χ0n) is 22.5. The normalized spacial score (nSPS) is 41.8. The molecule has 2 saturated carbocycles. The number of carbonyl (C=O) groups excluding carboxylic acids is 1. The Kier molecular flexibility index (Phi) is 8.12. The van der Waals surface area contributed by atoms with Crippen LogP contribution >= 0.6 is 0 Å². The van der Waals surface area contributed by atoms with Crippen LogP contribution < -0.4 is 10.9 Å². The number of alkyl halides is 4. The summed E-state index contributed by atoms with van der Waals surface area (Å²) in [5, 5.41) is 0. The van der Waals surface area contributed by atoms with Crippen molar-refractivity contribution in [3.05, 3.63) is 0 Å². The van der Waals surface area contributed by atoms with E-state index in [-0.39, 0.29) is 43.0 Å². The van der Waals surface area contributed by atoms with Crippen LogP contribution in [0.3, 0.4) is 0 Å². The second kappa shape index (κ2) is 10.9. The maximum Gasteiger partial charge on any atom is 0.392 e. The fourth-order valence-corrected chi connectivity index (χ4v) is 8.25. The Morgan fingerprint density at radius 1 is 1.05 bits per heavy atom. The third-order valence-corrected chi connectivity index (χ3v) is 10.7. The third kappa shape index (κ3) is 5.68. The number of hydrogen-bond acceptors (Lipinski definition) is 5. The van der Waals surface area contributed by atoms with Crippen LogP contribution in [0.5, 0.6) is 0 Å². The highest BCUT2D eigenvalue weighted by molar-refractivity contribution is 5.82. The lowest BCUT2D eigenvalue weighted by atomic mass is 9.67. The van der Waals surface area contributed by atoms with Crippen LogP contribution in [0.4, 0.5) is 17.6 Å². The van der Waals surface area contributed by atoms with Gasteiger partial charge in [-0.15, -0.1) is 0 Å². The van der Waals surface area contributed by atoms with E-state index in [2.05, 4.69) is 29.7 Å². The molecule has 0 radical (unpaired) electrons. The summed E-state index contributed by atoms with van der Waals surface area (Å²) in [6, 6.07) is -0.0903. The van der Waals surface area contributed by atoms with E-state index >= 15 is 0 Å². The van der Waals surface area contributed by atoms with Crippen LogP contribution in [0.25, 0.3) is 0 Å². The van der Waals surface area contributed by atoms with E-state index in [9.17, 15) is 22.4 Å². The lowest BCUT2D eigenvalue weighted by molar-refractivity contribution is -0.205. The zero-order chi connectivity index (χ0) is 26.5. The quantitative estimate of drug-likeness (QED) is 0.508. The minimum absolute atomic E-state index is 0.0438. The number of likely N-dealkylation sites (tertiary alicyclic amines) is 2. The summed E-state index contributed by atoms with van der Waals surface area (Å²) < 4.78 is 56.8. The summed E-state index contributed by atoms with van der Waals surface area (Å²) in [4.78, 5) is 19.8. The van der Waals surface area contributed by atoms with Gasteiger partial charge in [0.1, 0.15) is 6.17 Å². The van der Waals surface area contributed by atoms with Gasteiger partial charge in [0.2, 0.25) is 5.91 Å². The molecular formula is C27H45F4N5O. The Labute approximate surface area is 218 Å². The summed E-state index contributed by atoms with van der Waals surface area (Å²) in [5.41, 5.74) is 6.49. The molecule has 0 aromatic carbocycles. The molecule has 2 N–H and O–H groups in total. The van der Waals surface area contributed by atoms with Gasteiger partial charge in [0, 0.05) is 37.6 Å². The van der Waals surface area contributed by atoms with Crippen LogP contribution in [0.1, 0.15) is 65.2 Å². The molecule has 37 heavy (non-hydrogen) atoms. The summed E-state index contributed by atoms with van der Waals surface area (Å²) >= 11 is 0. The molecule has 3 saturated heterocycles. The maximum atomic E-state index is 14.3. The van der Waals surface area contributed by atoms with E-state index in [4.69, 9.17) is 0 Å². The molecule has 10 atom stereocenters. The zero-order valence-corrected chi connectivity index (χ0v) is 22.5. The Morgan fingerprint density at radius 2 is 1.84 bits per heavy atom. The molecule has 5 rings (SSSR count). The van der Waals surface area contributed by atoms with Gasteiger partial charge in [-0.05, 0) is 76.2 Å². The largest absolute Gasteiger partial charge is 0.392 e. The first kappa shape index (κ1) is 27.6. The van der Waals surface area contributed by atoms with Gasteiger partial charge in [-0.1, -0.05) is 19.8 Å². The van der Waals surface area contributed by atoms with Crippen LogP contribution in [0.2, 0.25) is 0 Å². The first-order valence-electron chi connectivity index (χ1n) is 14.5. The van der Waals surface area contributed by atoms with Gasteiger partial charge >= 0.3 is 6.18 Å². The van der Waals surface area contributed by atoms with Crippen LogP contribution in [0, 0.1) is 35.5 Å². The molecule has 1 amide bonds. The number of amides is 1. The molecule has 0 spiro atoms. The summed E-state index contributed by atoms with van der Waals surface area (Å²) in [5.74, 6) is -2.01. The number of nitrogens with one attached hydrogen (secondary N) is 2. The number of carbonyl (C=O) groups is 1. The minimum Gasteiger partial charge on any atom is -0.339 e. The van der Waals surface area contributed by atoms with Crippen molar-refractivity contribution in [3.8, 4) is 0 Å². The average molecular weight is 532 g/mol. The van der Waals surface area contributed by atoms with E-state index < -0.39 is 30.1 Å². The minimum atomic E-state index is -4.32. The number of hydrogen-bond donors (Lipinski definition) is 2. The molecule has 0 aromatic rings. The van der Waals surface area contributed by atoms with Crippen LogP contribution in [-0.2, 0) is 4.79 Å². The molecule has 7 unspecified atom stereocenters. The third-order valence-electron chi connectivity index (χ3n) is 10.7. The van der Waals surface area contributed by atoms with Crippen LogP contribution in [0.15, 0.2) is 0 Å². The average Bonchev–Trinajstić information content (AvgIpc) is 3.56. The predicted molar refractivity (Wildman–Crippen MR) is 134 cm³/mol. The van der Waals surface area contributed by atoms with Crippen molar-refractivity contribution in [2.45, 2.75) is 95.8 Å². The molecule has 0 aromatic heterocycles. The van der Waals surface area contributed by atoms with Gasteiger partial charge in [-0.2, -0.15) is 13.2 Å². The van der Waals surface area contributed by atoms with Crippen molar-refractivity contribution in [2.75, 3.05) is 33.4 Å². The Bertz CT molecular complexity index is 814. The molecule has 2 aliphatic carbocycles. The fourth-order valence-electron chi connectivity index (χ4n) is 8.25. The summed E-state index contributed by atoms with van der Waals surface area (Å²) in [6.07, 6.45) is 0.988. The number of rotatable bonds is 6. The van der Waals surface area contributed by atoms with Gasteiger partial charge in [0.25, 0.3) is 0 Å². The Balaban J connectivity index is 1.27. The van der Waals surface area contributed by atoms with E-state index in [1.54, 1.807) is 0 Å². The highest BCUT2D eigenvalue weighted by Gasteiger charge is 2.58. The second-order valence-corrected chi connectivity index (χ2v) is 12.8. The van der Waals surface area contributed by atoms with E-state index in [1.165, 1.54) is 0 Å². The standard InChI is InChI=1S/C27H45F4N5O/c1-16(9-25-33-32-15-34(25)3)18-5-4-6-21(10-18)36-14-23-22(26(36)37)11-19(12-24(23)27(29,30)31)17(2)35-8-7-20(28)13-35/h16-25,32-33H,4-15H2,1-3H3/t16-,17+,18?,19?,20+,21?,22?,23?,24?,25?/m1/s1. The lowest BCUT2D eigenvalue weighted by Crippen LogP contribution is -2.47. The monoisotopic (exact) mass is 531 g/mol. The summed E-state index contributed by atoms with van der Waals surface area (Å²) in [7, 11) is 2.09. The number of hydrazine groups is 1. The van der Waals surface area contributed by atoms with Gasteiger partial charge in [0.15, 0.2) is 0 Å². The Hall–Kier alpha value is -0.970. The van der Waals surface area contributed by atoms with E-state index in [0.29, 0.717) is 37.8 Å². The number of halogens is 4. The molecule has 5 aliphatic rings. The number of fused-ring (bicyclic) bond motifs is 1.